The molecule has 2 atom stereocenters. The smallest absolute Gasteiger partial charge is 0.245 e. The summed E-state index contributed by atoms with van der Waals surface area (Å²) in [4.78, 5) is 22.5. The first-order chi connectivity index (χ1) is 8.38. The second kappa shape index (κ2) is 11.0. The summed E-state index contributed by atoms with van der Waals surface area (Å²) in [5.41, 5.74) is 0. The number of hydrogen-bond acceptors (Lipinski definition) is 3. The Kier molecular flexibility index (Phi) is 11.8. The standard InChI is InChI=1S/C11H22N2O3.C2H6/c1-7(2)6-16-8(3)10(11(15)12-5)13-9(4)14;1-2/h7-8,10H,6H2,1-5H3,(H,12,15)(H,13,14);1-2H3. The van der Waals surface area contributed by atoms with E-state index < -0.39 is 6.04 Å². The van der Waals surface area contributed by atoms with Crippen LogP contribution in [0.5, 0.6) is 0 Å². The van der Waals surface area contributed by atoms with E-state index in [2.05, 4.69) is 10.6 Å². The van der Waals surface area contributed by atoms with Gasteiger partial charge in [-0.25, -0.2) is 0 Å². The van der Waals surface area contributed by atoms with Gasteiger partial charge in [0.05, 0.1) is 6.10 Å². The fourth-order valence-electron chi connectivity index (χ4n) is 1.21. The lowest BCUT2D eigenvalue weighted by atomic mass is 10.1. The predicted molar refractivity (Wildman–Crippen MR) is 73.3 cm³/mol. The maximum atomic E-state index is 11.5. The van der Waals surface area contributed by atoms with Gasteiger partial charge in [-0.05, 0) is 12.8 Å². The zero-order valence-corrected chi connectivity index (χ0v) is 12.7. The summed E-state index contributed by atoms with van der Waals surface area (Å²) in [6.45, 7) is 11.8. The lowest BCUT2D eigenvalue weighted by Crippen LogP contribution is -2.52. The molecule has 0 aliphatic heterocycles. The van der Waals surface area contributed by atoms with E-state index in [1.165, 1.54) is 14.0 Å². The van der Waals surface area contributed by atoms with Crippen LogP contribution in [0.3, 0.4) is 0 Å². The Morgan fingerprint density at radius 2 is 1.67 bits per heavy atom. The molecule has 2 N–H and O–H groups in total. The third-order valence-electron chi connectivity index (χ3n) is 2.05. The highest BCUT2D eigenvalue weighted by molar-refractivity contribution is 5.87. The normalized spacial score (nSPS) is 13.1. The molecule has 5 heteroatoms. The van der Waals surface area contributed by atoms with Gasteiger partial charge in [0.15, 0.2) is 0 Å². The largest absolute Gasteiger partial charge is 0.376 e. The van der Waals surface area contributed by atoms with Gasteiger partial charge in [-0.2, -0.15) is 0 Å². The fourth-order valence-corrected chi connectivity index (χ4v) is 1.21. The second-order valence-corrected chi connectivity index (χ2v) is 4.22. The Morgan fingerprint density at radius 3 is 2.00 bits per heavy atom. The number of amides is 2. The number of carbonyl (C=O) groups is 2. The number of rotatable bonds is 6. The predicted octanol–water partition coefficient (Wildman–Crippen LogP) is 1.32. The Balaban J connectivity index is 0. The van der Waals surface area contributed by atoms with Gasteiger partial charge in [0.25, 0.3) is 0 Å². The van der Waals surface area contributed by atoms with Crippen LogP contribution in [0.25, 0.3) is 0 Å². The highest BCUT2D eigenvalue weighted by Gasteiger charge is 2.25. The molecular weight excluding hydrogens is 232 g/mol. The van der Waals surface area contributed by atoms with Gasteiger partial charge in [0.2, 0.25) is 11.8 Å². The Morgan fingerprint density at radius 1 is 1.17 bits per heavy atom. The Bertz CT molecular complexity index is 242. The van der Waals surface area contributed by atoms with Crippen LogP contribution in [-0.2, 0) is 14.3 Å². The molecule has 18 heavy (non-hydrogen) atoms. The lowest BCUT2D eigenvalue weighted by Gasteiger charge is -2.24. The van der Waals surface area contributed by atoms with Crippen LogP contribution in [-0.4, -0.2) is 37.6 Å². The third-order valence-corrected chi connectivity index (χ3v) is 2.05. The maximum absolute atomic E-state index is 11.5. The Hall–Kier alpha value is -1.10. The van der Waals surface area contributed by atoms with E-state index >= 15 is 0 Å². The molecule has 2 unspecified atom stereocenters. The average molecular weight is 260 g/mol. The van der Waals surface area contributed by atoms with Gasteiger partial charge in [-0.3, -0.25) is 9.59 Å². The first-order valence-corrected chi connectivity index (χ1v) is 6.48. The SMILES string of the molecule is CC.CNC(=O)C(NC(C)=O)C(C)OCC(C)C. The lowest BCUT2D eigenvalue weighted by molar-refractivity contribution is -0.131. The quantitative estimate of drug-likeness (QED) is 0.757. The zero-order valence-electron chi connectivity index (χ0n) is 12.7. The van der Waals surface area contributed by atoms with Crippen LogP contribution < -0.4 is 10.6 Å². The highest BCUT2D eigenvalue weighted by Crippen LogP contribution is 2.03. The van der Waals surface area contributed by atoms with Crippen LogP contribution >= 0.6 is 0 Å². The summed E-state index contributed by atoms with van der Waals surface area (Å²) < 4.78 is 5.51. The number of nitrogens with one attached hydrogen (secondary N) is 2. The van der Waals surface area contributed by atoms with Crippen molar-refractivity contribution in [2.45, 2.75) is 53.7 Å². The van der Waals surface area contributed by atoms with Crippen molar-refractivity contribution < 1.29 is 14.3 Å². The fraction of sp³-hybridized carbons (Fsp3) is 0.846. The number of likely N-dealkylation sites (N-methyl/N-ethyl adjacent to an activating group) is 1. The van der Waals surface area contributed by atoms with Crippen molar-refractivity contribution in [1.82, 2.24) is 10.6 Å². The van der Waals surface area contributed by atoms with Crippen LogP contribution in [0.2, 0.25) is 0 Å². The van der Waals surface area contributed by atoms with E-state index in [0.29, 0.717) is 12.5 Å². The van der Waals surface area contributed by atoms with Crippen LogP contribution in [0.1, 0.15) is 41.5 Å². The molecule has 0 saturated carbocycles. The molecule has 0 aromatic rings. The van der Waals surface area contributed by atoms with Gasteiger partial charge in [0.1, 0.15) is 6.04 Å². The van der Waals surface area contributed by atoms with E-state index in [-0.39, 0.29) is 17.9 Å². The topological polar surface area (TPSA) is 67.4 Å². The summed E-state index contributed by atoms with van der Waals surface area (Å²) >= 11 is 0. The van der Waals surface area contributed by atoms with Gasteiger partial charge in [-0.15, -0.1) is 0 Å². The van der Waals surface area contributed by atoms with Crippen molar-refractivity contribution in [3.05, 3.63) is 0 Å². The van der Waals surface area contributed by atoms with E-state index in [1.54, 1.807) is 6.92 Å². The third kappa shape index (κ3) is 8.98. The van der Waals surface area contributed by atoms with E-state index in [4.69, 9.17) is 4.74 Å². The van der Waals surface area contributed by atoms with Crippen LogP contribution in [0.4, 0.5) is 0 Å². The zero-order chi connectivity index (χ0) is 14.7. The van der Waals surface area contributed by atoms with Crippen LogP contribution in [0.15, 0.2) is 0 Å². The molecule has 5 nitrogen and oxygen atoms in total. The van der Waals surface area contributed by atoms with Crippen molar-refractivity contribution in [3.63, 3.8) is 0 Å². The minimum atomic E-state index is -0.638. The number of carbonyl (C=O) groups excluding carboxylic acids is 2. The van der Waals surface area contributed by atoms with Gasteiger partial charge >= 0.3 is 0 Å². The molecule has 0 rings (SSSR count). The summed E-state index contributed by atoms with van der Waals surface area (Å²) in [6, 6.07) is -0.638. The highest BCUT2D eigenvalue weighted by atomic mass is 16.5. The maximum Gasteiger partial charge on any atom is 0.245 e. The van der Waals surface area contributed by atoms with Crippen molar-refractivity contribution >= 4 is 11.8 Å². The first-order valence-electron chi connectivity index (χ1n) is 6.48. The summed E-state index contributed by atoms with van der Waals surface area (Å²) in [7, 11) is 1.53. The average Bonchev–Trinajstić information content (AvgIpc) is 2.34. The summed E-state index contributed by atoms with van der Waals surface area (Å²) in [6.07, 6.45) is -0.341. The van der Waals surface area contributed by atoms with Gasteiger partial charge < -0.3 is 15.4 Å². The van der Waals surface area contributed by atoms with Crippen molar-refractivity contribution in [2.24, 2.45) is 5.92 Å². The molecule has 0 aromatic heterocycles. The number of ether oxygens (including phenoxy) is 1. The molecule has 0 radical (unpaired) electrons. The molecule has 0 heterocycles. The second-order valence-electron chi connectivity index (χ2n) is 4.22. The number of hydrogen-bond donors (Lipinski definition) is 2. The molecule has 108 valence electrons. The molecule has 0 saturated heterocycles. The molecule has 0 fully saturated rings. The molecule has 0 spiro atoms. The van der Waals surface area contributed by atoms with Gasteiger partial charge in [0, 0.05) is 20.6 Å². The van der Waals surface area contributed by atoms with E-state index in [9.17, 15) is 9.59 Å². The molecule has 0 aliphatic rings. The molecule has 2 amide bonds. The Labute approximate surface area is 111 Å². The summed E-state index contributed by atoms with van der Waals surface area (Å²) in [5.74, 6) is -0.0924. The van der Waals surface area contributed by atoms with E-state index in [0.717, 1.165) is 0 Å². The van der Waals surface area contributed by atoms with Crippen LogP contribution in [0, 0.1) is 5.92 Å². The monoisotopic (exact) mass is 260 g/mol. The van der Waals surface area contributed by atoms with Crippen molar-refractivity contribution in [1.29, 1.82) is 0 Å². The molecular formula is C13H28N2O3. The molecule has 0 bridgehead atoms. The first kappa shape index (κ1) is 19.2. The molecule has 0 aliphatic carbocycles. The summed E-state index contributed by atoms with van der Waals surface area (Å²) in [5, 5.41) is 5.08. The van der Waals surface area contributed by atoms with Gasteiger partial charge in [-0.1, -0.05) is 27.7 Å². The van der Waals surface area contributed by atoms with Crippen molar-refractivity contribution in [3.8, 4) is 0 Å². The molecule has 0 aromatic carbocycles. The minimum Gasteiger partial charge on any atom is -0.376 e. The minimum absolute atomic E-state index is 0.242. The van der Waals surface area contributed by atoms with E-state index in [1.807, 2.05) is 27.7 Å². The van der Waals surface area contributed by atoms with Crippen molar-refractivity contribution in [2.75, 3.05) is 13.7 Å².